The Labute approximate surface area is 142 Å². The number of primary amides is 1. The summed E-state index contributed by atoms with van der Waals surface area (Å²) in [5.41, 5.74) is 17.1. The normalized spacial score (nSPS) is 14.8. The summed E-state index contributed by atoms with van der Waals surface area (Å²) in [6.07, 6.45) is 0. The van der Waals surface area contributed by atoms with Crippen molar-refractivity contribution >= 4 is 23.0 Å². The summed E-state index contributed by atoms with van der Waals surface area (Å²) in [4.78, 5) is 16.1. The minimum absolute atomic E-state index is 0.435. The largest absolute Gasteiger partial charge is 0.397 e. The molecule has 24 heavy (non-hydrogen) atoms. The van der Waals surface area contributed by atoms with Gasteiger partial charge in [-0.1, -0.05) is 18.2 Å². The Morgan fingerprint density at radius 2 is 1.50 bits per heavy atom. The molecule has 1 amide bonds. The molecule has 2 aromatic carbocycles. The first-order chi connectivity index (χ1) is 11.5. The van der Waals surface area contributed by atoms with Gasteiger partial charge in [-0.2, -0.15) is 0 Å². The third-order valence-corrected chi connectivity index (χ3v) is 4.72. The van der Waals surface area contributed by atoms with Crippen LogP contribution in [0.1, 0.15) is 21.5 Å². The maximum Gasteiger partial charge on any atom is 0.249 e. The summed E-state index contributed by atoms with van der Waals surface area (Å²) in [5.74, 6) is -0.435. The van der Waals surface area contributed by atoms with Crippen LogP contribution in [-0.2, 0) is 0 Å². The molecule has 4 N–H and O–H groups in total. The van der Waals surface area contributed by atoms with Crippen molar-refractivity contribution in [3.63, 3.8) is 0 Å². The number of aryl methyl sites for hydroxylation is 2. The lowest BCUT2D eigenvalue weighted by molar-refractivity contribution is 0.1000. The van der Waals surface area contributed by atoms with Gasteiger partial charge in [0.25, 0.3) is 0 Å². The van der Waals surface area contributed by atoms with Gasteiger partial charge in [0.1, 0.15) is 0 Å². The average molecular weight is 324 g/mol. The maximum absolute atomic E-state index is 11.4. The van der Waals surface area contributed by atoms with Crippen molar-refractivity contribution in [3.8, 4) is 0 Å². The molecule has 5 heteroatoms. The molecule has 1 saturated heterocycles. The number of carbonyl (C=O) groups is 1. The number of hydrogen-bond donors (Lipinski definition) is 2. The van der Waals surface area contributed by atoms with E-state index in [1.54, 1.807) is 6.07 Å². The zero-order valence-electron chi connectivity index (χ0n) is 14.2. The summed E-state index contributed by atoms with van der Waals surface area (Å²) in [5, 5.41) is 0. The summed E-state index contributed by atoms with van der Waals surface area (Å²) in [6, 6.07) is 12.1. The number of amides is 1. The second-order valence-corrected chi connectivity index (χ2v) is 6.35. The molecular weight excluding hydrogens is 300 g/mol. The molecule has 5 nitrogen and oxygen atoms in total. The summed E-state index contributed by atoms with van der Waals surface area (Å²) in [7, 11) is 0. The van der Waals surface area contributed by atoms with Gasteiger partial charge in [0.05, 0.1) is 11.4 Å². The van der Waals surface area contributed by atoms with E-state index in [0.29, 0.717) is 11.3 Å². The van der Waals surface area contributed by atoms with Crippen molar-refractivity contribution in [1.29, 1.82) is 0 Å². The van der Waals surface area contributed by atoms with E-state index in [9.17, 15) is 4.79 Å². The number of anilines is 3. The van der Waals surface area contributed by atoms with E-state index in [-0.39, 0.29) is 0 Å². The van der Waals surface area contributed by atoms with Crippen LogP contribution in [0.3, 0.4) is 0 Å². The third kappa shape index (κ3) is 3.02. The highest BCUT2D eigenvalue weighted by Gasteiger charge is 2.21. The number of nitrogens with zero attached hydrogens (tertiary/aromatic N) is 2. The smallest absolute Gasteiger partial charge is 0.249 e. The minimum atomic E-state index is -0.435. The maximum atomic E-state index is 11.4. The van der Waals surface area contributed by atoms with E-state index in [0.717, 1.165) is 37.4 Å². The molecular formula is C19H24N4O. The first kappa shape index (κ1) is 16.2. The second-order valence-electron chi connectivity index (χ2n) is 6.35. The zero-order chi connectivity index (χ0) is 17.3. The Kier molecular flexibility index (Phi) is 4.34. The molecule has 1 fully saturated rings. The predicted molar refractivity (Wildman–Crippen MR) is 99.7 cm³/mol. The predicted octanol–water partition coefficient (Wildman–Crippen LogP) is 2.31. The van der Waals surface area contributed by atoms with Gasteiger partial charge >= 0.3 is 0 Å². The van der Waals surface area contributed by atoms with Crippen LogP contribution < -0.4 is 21.3 Å². The number of nitrogen functional groups attached to an aromatic ring is 1. The Hall–Kier alpha value is -2.69. The van der Waals surface area contributed by atoms with Crippen molar-refractivity contribution in [2.45, 2.75) is 13.8 Å². The first-order valence-corrected chi connectivity index (χ1v) is 8.23. The van der Waals surface area contributed by atoms with E-state index < -0.39 is 5.91 Å². The van der Waals surface area contributed by atoms with Crippen molar-refractivity contribution in [2.75, 3.05) is 41.7 Å². The van der Waals surface area contributed by atoms with Gasteiger partial charge in [0.2, 0.25) is 5.91 Å². The molecule has 1 aliphatic rings. The van der Waals surface area contributed by atoms with Gasteiger partial charge in [0, 0.05) is 37.4 Å². The number of nitrogens with two attached hydrogens (primary N) is 2. The number of rotatable bonds is 3. The minimum Gasteiger partial charge on any atom is -0.397 e. The molecule has 0 unspecified atom stereocenters. The number of hydrogen-bond acceptors (Lipinski definition) is 4. The lowest BCUT2D eigenvalue weighted by Crippen LogP contribution is -2.47. The van der Waals surface area contributed by atoms with Crippen LogP contribution in [0, 0.1) is 13.8 Å². The highest BCUT2D eigenvalue weighted by molar-refractivity contribution is 5.96. The van der Waals surface area contributed by atoms with Crippen LogP contribution in [0.15, 0.2) is 36.4 Å². The van der Waals surface area contributed by atoms with E-state index in [1.165, 1.54) is 11.3 Å². The molecule has 126 valence electrons. The molecule has 2 aromatic rings. The lowest BCUT2D eigenvalue weighted by Gasteiger charge is -2.38. The van der Waals surface area contributed by atoms with Crippen molar-refractivity contribution in [2.24, 2.45) is 5.73 Å². The molecule has 0 aromatic heterocycles. The number of piperazine rings is 1. The van der Waals surface area contributed by atoms with Crippen LogP contribution in [0.4, 0.5) is 17.1 Å². The van der Waals surface area contributed by atoms with Crippen LogP contribution >= 0.6 is 0 Å². The Morgan fingerprint density at radius 3 is 2.08 bits per heavy atom. The van der Waals surface area contributed by atoms with Crippen LogP contribution in [0.5, 0.6) is 0 Å². The molecule has 0 spiro atoms. The highest BCUT2D eigenvalue weighted by atomic mass is 16.1. The Bertz CT molecular complexity index is 764. The van der Waals surface area contributed by atoms with Crippen LogP contribution in [-0.4, -0.2) is 32.1 Å². The fraction of sp³-hybridized carbons (Fsp3) is 0.316. The summed E-state index contributed by atoms with van der Waals surface area (Å²) >= 11 is 0. The summed E-state index contributed by atoms with van der Waals surface area (Å²) < 4.78 is 0. The Morgan fingerprint density at radius 1 is 0.917 bits per heavy atom. The van der Waals surface area contributed by atoms with Crippen LogP contribution in [0.2, 0.25) is 0 Å². The van der Waals surface area contributed by atoms with Crippen LogP contribution in [0.25, 0.3) is 0 Å². The number of carbonyl (C=O) groups excluding carboxylic acids is 1. The van der Waals surface area contributed by atoms with E-state index >= 15 is 0 Å². The van der Waals surface area contributed by atoms with E-state index in [2.05, 4.69) is 41.0 Å². The molecule has 0 radical (unpaired) electrons. The molecule has 0 atom stereocenters. The fourth-order valence-corrected chi connectivity index (χ4v) is 3.36. The van der Waals surface area contributed by atoms with Crippen molar-refractivity contribution in [3.05, 3.63) is 53.1 Å². The van der Waals surface area contributed by atoms with Crippen molar-refractivity contribution < 1.29 is 4.79 Å². The highest BCUT2D eigenvalue weighted by Crippen LogP contribution is 2.29. The second kappa shape index (κ2) is 6.43. The SMILES string of the molecule is Cc1cc(N2CCN(c3ccccc3C)CC2)c(N)cc1C(N)=O. The molecule has 0 saturated carbocycles. The Balaban J connectivity index is 1.77. The quantitative estimate of drug-likeness (QED) is 0.850. The van der Waals surface area contributed by atoms with Gasteiger partial charge < -0.3 is 21.3 Å². The first-order valence-electron chi connectivity index (χ1n) is 8.23. The number of para-hydroxylation sites is 1. The van der Waals surface area contributed by atoms with E-state index in [4.69, 9.17) is 11.5 Å². The van der Waals surface area contributed by atoms with Gasteiger partial charge in [-0.05, 0) is 43.2 Å². The summed E-state index contributed by atoms with van der Waals surface area (Å²) in [6.45, 7) is 7.72. The molecule has 1 aliphatic heterocycles. The standard InChI is InChI=1S/C19H24N4O/c1-13-5-3-4-6-17(13)22-7-9-23(10-8-22)18-11-14(2)15(19(21)24)12-16(18)20/h3-6,11-12H,7-10,20H2,1-2H3,(H2,21,24). The monoisotopic (exact) mass is 324 g/mol. The van der Waals surface area contributed by atoms with Gasteiger partial charge in [0.15, 0.2) is 0 Å². The topological polar surface area (TPSA) is 75.6 Å². The molecule has 0 bridgehead atoms. The van der Waals surface area contributed by atoms with Gasteiger partial charge in [-0.15, -0.1) is 0 Å². The zero-order valence-corrected chi connectivity index (χ0v) is 14.2. The van der Waals surface area contributed by atoms with E-state index in [1.807, 2.05) is 13.0 Å². The molecule has 1 heterocycles. The number of benzene rings is 2. The molecule has 3 rings (SSSR count). The van der Waals surface area contributed by atoms with Gasteiger partial charge in [-0.25, -0.2) is 0 Å². The average Bonchev–Trinajstić information content (AvgIpc) is 2.57. The van der Waals surface area contributed by atoms with Crippen molar-refractivity contribution in [1.82, 2.24) is 0 Å². The molecule has 0 aliphatic carbocycles. The lowest BCUT2D eigenvalue weighted by atomic mass is 10.0. The fourth-order valence-electron chi connectivity index (χ4n) is 3.36. The third-order valence-electron chi connectivity index (χ3n) is 4.72. The van der Waals surface area contributed by atoms with Gasteiger partial charge in [-0.3, -0.25) is 4.79 Å².